The Hall–Kier alpha value is -2.30. The van der Waals surface area contributed by atoms with Crippen LogP contribution in [0.25, 0.3) is 0 Å². The molecule has 4 heteroatoms. The molecule has 0 saturated carbocycles. The number of anilines is 1. The smallest absolute Gasteiger partial charge is 0.121 e. The quantitative estimate of drug-likeness (QED) is 0.522. The summed E-state index contributed by atoms with van der Waals surface area (Å²) in [4.78, 5) is 4.56. The Bertz CT molecular complexity index is 973. The van der Waals surface area contributed by atoms with Crippen LogP contribution in [0.15, 0.2) is 78.9 Å². The second-order valence-electron chi connectivity index (χ2n) is 9.42. The minimum Gasteiger partial charge on any atom is -1.00 e. The van der Waals surface area contributed by atoms with Gasteiger partial charge in [-0.3, -0.25) is 0 Å². The van der Waals surface area contributed by atoms with Gasteiger partial charge in [0.1, 0.15) is 5.75 Å². The van der Waals surface area contributed by atoms with Crippen molar-refractivity contribution in [2.24, 2.45) is 0 Å². The molecular formula is C29H38BrN2O-. The molecule has 178 valence electrons. The number of fused-ring (bicyclic) bond motifs is 1. The van der Waals surface area contributed by atoms with E-state index in [1.165, 1.54) is 22.4 Å². The highest BCUT2D eigenvalue weighted by molar-refractivity contribution is 5.63. The van der Waals surface area contributed by atoms with Crippen LogP contribution in [0.3, 0.4) is 0 Å². The van der Waals surface area contributed by atoms with Gasteiger partial charge in [0.05, 0.1) is 6.61 Å². The number of hydrogen-bond donors (Lipinski definition) is 0. The number of hydrogen-bond acceptors (Lipinski definition) is 3. The van der Waals surface area contributed by atoms with Gasteiger partial charge in [-0.25, -0.2) is 0 Å². The van der Waals surface area contributed by atoms with Crippen molar-refractivity contribution in [1.29, 1.82) is 0 Å². The standard InChI is InChI=1S/C20H25NO.C9H13N.BrH/c1-5-22-16-11-12-17-18(15-9-7-6-8-10-15)14-20(2,3)21(4)19(17)13-16;1-10(2)8-9-6-4-3-5-7-9;/h6-13,18H,5,14H2,1-4H3;3-7H,8H2,1-2H3;1H/p-1. The van der Waals surface area contributed by atoms with E-state index in [2.05, 4.69) is 118 Å². The third-order valence-corrected chi connectivity index (χ3v) is 6.20. The SMILES string of the molecule is CCOc1ccc2c(c1)N(C)C(C)(C)CC2c1ccccc1.CN(C)Cc1ccccc1.[Br-]. The molecule has 4 rings (SSSR count). The van der Waals surface area contributed by atoms with E-state index in [4.69, 9.17) is 4.74 Å². The maximum Gasteiger partial charge on any atom is 0.121 e. The van der Waals surface area contributed by atoms with Crippen LogP contribution in [0.4, 0.5) is 5.69 Å². The van der Waals surface area contributed by atoms with Crippen LogP contribution in [0.2, 0.25) is 0 Å². The Morgan fingerprint density at radius 3 is 2.12 bits per heavy atom. The molecule has 0 fully saturated rings. The molecule has 0 spiro atoms. The highest BCUT2D eigenvalue weighted by atomic mass is 79.9. The minimum atomic E-state index is 0. The maximum atomic E-state index is 5.70. The number of nitrogens with zero attached hydrogens (tertiary/aromatic N) is 2. The first-order valence-electron chi connectivity index (χ1n) is 11.6. The van der Waals surface area contributed by atoms with E-state index < -0.39 is 0 Å². The van der Waals surface area contributed by atoms with Crippen molar-refractivity contribution in [3.8, 4) is 5.75 Å². The lowest BCUT2D eigenvalue weighted by Gasteiger charge is -2.46. The van der Waals surface area contributed by atoms with Gasteiger partial charge >= 0.3 is 0 Å². The number of ether oxygens (including phenoxy) is 1. The minimum absolute atomic E-state index is 0. The van der Waals surface area contributed by atoms with Gasteiger partial charge in [-0.15, -0.1) is 0 Å². The van der Waals surface area contributed by atoms with E-state index in [-0.39, 0.29) is 22.5 Å². The Morgan fingerprint density at radius 2 is 1.55 bits per heavy atom. The molecule has 0 amide bonds. The van der Waals surface area contributed by atoms with E-state index in [0.717, 1.165) is 18.7 Å². The predicted octanol–water partition coefficient (Wildman–Crippen LogP) is 3.59. The molecule has 1 heterocycles. The van der Waals surface area contributed by atoms with Crippen molar-refractivity contribution < 1.29 is 21.7 Å². The molecule has 1 unspecified atom stereocenters. The molecule has 3 aromatic carbocycles. The van der Waals surface area contributed by atoms with Gasteiger partial charge in [0.15, 0.2) is 0 Å². The average molecular weight is 511 g/mol. The van der Waals surface area contributed by atoms with E-state index in [9.17, 15) is 0 Å². The fourth-order valence-electron chi connectivity index (χ4n) is 4.37. The molecule has 0 saturated heterocycles. The normalized spacial score (nSPS) is 16.2. The van der Waals surface area contributed by atoms with E-state index in [0.29, 0.717) is 12.5 Å². The molecule has 1 aliphatic heterocycles. The molecule has 3 nitrogen and oxygen atoms in total. The largest absolute Gasteiger partial charge is 1.00 e. The van der Waals surface area contributed by atoms with E-state index in [1.54, 1.807) is 0 Å². The molecular weight excluding hydrogens is 472 g/mol. The summed E-state index contributed by atoms with van der Waals surface area (Å²) in [6.07, 6.45) is 1.12. The second kappa shape index (κ2) is 12.2. The molecule has 0 radical (unpaired) electrons. The van der Waals surface area contributed by atoms with Gasteiger partial charge in [0.2, 0.25) is 0 Å². The predicted molar refractivity (Wildman–Crippen MR) is 137 cm³/mol. The van der Waals surface area contributed by atoms with Crippen LogP contribution in [0, 0.1) is 0 Å². The zero-order chi connectivity index (χ0) is 23.1. The number of benzene rings is 3. The molecule has 3 aromatic rings. The van der Waals surface area contributed by atoms with Crippen molar-refractivity contribution in [3.63, 3.8) is 0 Å². The summed E-state index contributed by atoms with van der Waals surface area (Å²) in [5, 5.41) is 0. The molecule has 1 atom stereocenters. The van der Waals surface area contributed by atoms with Crippen molar-refractivity contribution >= 4 is 5.69 Å². The van der Waals surface area contributed by atoms with Crippen LogP contribution in [0.5, 0.6) is 5.75 Å². The van der Waals surface area contributed by atoms with Crippen LogP contribution >= 0.6 is 0 Å². The summed E-state index contributed by atoms with van der Waals surface area (Å²) in [6, 6.07) is 27.8. The topological polar surface area (TPSA) is 15.7 Å². The molecule has 0 aromatic heterocycles. The summed E-state index contributed by atoms with van der Waals surface area (Å²) in [5.74, 6) is 1.40. The first kappa shape index (κ1) is 26.9. The van der Waals surface area contributed by atoms with Gasteiger partial charge in [0.25, 0.3) is 0 Å². The van der Waals surface area contributed by atoms with Gasteiger partial charge in [-0.1, -0.05) is 66.7 Å². The van der Waals surface area contributed by atoms with Crippen LogP contribution < -0.4 is 26.6 Å². The van der Waals surface area contributed by atoms with Gasteiger partial charge in [-0.05, 0) is 64.0 Å². The monoisotopic (exact) mass is 509 g/mol. The Balaban J connectivity index is 0.000000297. The van der Waals surface area contributed by atoms with Gasteiger partial charge < -0.3 is 31.5 Å². The lowest BCUT2D eigenvalue weighted by molar-refractivity contribution is -0.00000765. The summed E-state index contributed by atoms with van der Waals surface area (Å²) in [5.41, 5.74) is 5.58. The fourth-order valence-corrected chi connectivity index (χ4v) is 4.37. The number of halogens is 1. The highest BCUT2D eigenvalue weighted by Gasteiger charge is 2.36. The third-order valence-electron chi connectivity index (χ3n) is 6.20. The van der Waals surface area contributed by atoms with Crippen molar-refractivity contribution in [2.45, 2.75) is 45.2 Å². The fraction of sp³-hybridized carbons (Fsp3) is 0.379. The lowest BCUT2D eigenvalue weighted by atomic mass is 9.76. The van der Waals surface area contributed by atoms with Crippen LogP contribution in [-0.2, 0) is 6.54 Å². The van der Waals surface area contributed by atoms with Crippen LogP contribution in [-0.4, -0.2) is 38.2 Å². The summed E-state index contributed by atoms with van der Waals surface area (Å²) in [6.45, 7) is 8.40. The molecule has 0 aliphatic carbocycles. The first-order valence-corrected chi connectivity index (χ1v) is 11.6. The van der Waals surface area contributed by atoms with Crippen molar-refractivity contribution in [1.82, 2.24) is 4.90 Å². The zero-order valence-electron chi connectivity index (χ0n) is 20.9. The van der Waals surface area contributed by atoms with Crippen LogP contribution in [0.1, 0.15) is 49.8 Å². The van der Waals surface area contributed by atoms with E-state index >= 15 is 0 Å². The Labute approximate surface area is 211 Å². The first-order chi connectivity index (χ1) is 15.3. The molecule has 33 heavy (non-hydrogen) atoms. The van der Waals surface area contributed by atoms with E-state index in [1.807, 2.05) is 13.0 Å². The van der Waals surface area contributed by atoms with Gasteiger partial charge in [0, 0.05) is 36.8 Å². The van der Waals surface area contributed by atoms with Crippen molar-refractivity contribution in [3.05, 3.63) is 95.6 Å². The second-order valence-corrected chi connectivity index (χ2v) is 9.42. The highest BCUT2D eigenvalue weighted by Crippen LogP contribution is 2.46. The van der Waals surface area contributed by atoms with Gasteiger partial charge in [-0.2, -0.15) is 0 Å². The lowest BCUT2D eigenvalue weighted by Crippen LogP contribution is -3.00. The molecule has 1 aliphatic rings. The Morgan fingerprint density at radius 1 is 0.939 bits per heavy atom. The number of rotatable bonds is 5. The van der Waals surface area contributed by atoms with Crippen molar-refractivity contribution in [2.75, 3.05) is 32.6 Å². The maximum absolute atomic E-state index is 5.70. The summed E-state index contributed by atoms with van der Waals surface area (Å²) in [7, 11) is 6.34. The summed E-state index contributed by atoms with van der Waals surface area (Å²) < 4.78 is 5.70. The average Bonchev–Trinajstić information content (AvgIpc) is 2.78. The Kier molecular flexibility index (Phi) is 10.00. The molecule has 0 bridgehead atoms. The zero-order valence-corrected chi connectivity index (χ0v) is 22.5. The summed E-state index contributed by atoms with van der Waals surface area (Å²) >= 11 is 0. The molecule has 0 N–H and O–H groups in total. The third kappa shape index (κ3) is 7.09.